The van der Waals surface area contributed by atoms with Gasteiger partial charge in [-0.15, -0.1) is 0 Å². The predicted molar refractivity (Wildman–Crippen MR) is 108 cm³/mol. The molecule has 2 aromatic carbocycles. The third kappa shape index (κ3) is 4.36. The lowest BCUT2D eigenvalue weighted by Crippen LogP contribution is -2.50. The lowest BCUT2D eigenvalue weighted by Gasteiger charge is -2.34. The third-order valence-electron chi connectivity index (χ3n) is 5.03. The van der Waals surface area contributed by atoms with Crippen LogP contribution in [0.5, 0.6) is 5.75 Å². The van der Waals surface area contributed by atoms with E-state index in [0.29, 0.717) is 31.1 Å². The molecule has 7 heteroatoms. The second-order valence-electron chi connectivity index (χ2n) is 7.08. The maximum absolute atomic E-state index is 13.0. The number of sulfonamides is 1. The molecule has 0 saturated carbocycles. The molecule has 0 aromatic heterocycles. The Morgan fingerprint density at radius 3 is 2.39 bits per heavy atom. The van der Waals surface area contributed by atoms with E-state index < -0.39 is 10.0 Å². The van der Waals surface area contributed by atoms with Crippen LogP contribution in [-0.4, -0.2) is 56.8 Å². The highest BCUT2D eigenvalue weighted by Crippen LogP contribution is 2.22. The van der Waals surface area contributed by atoms with Gasteiger partial charge in [-0.25, -0.2) is 8.42 Å². The van der Waals surface area contributed by atoms with Crippen LogP contribution in [0.25, 0.3) is 0 Å². The average Bonchev–Trinajstić information content (AvgIpc) is 2.68. The molecule has 2 aromatic rings. The van der Waals surface area contributed by atoms with Crippen molar-refractivity contribution >= 4 is 15.9 Å². The van der Waals surface area contributed by atoms with Crippen molar-refractivity contribution < 1.29 is 17.9 Å². The van der Waals surface area contributed by atoms with Gasteiger partial charge in [0.2, 0.25) is 15.9 Å². The Kier molecular flexibility index (Phi) is 6.05. The Bertz CT molecular complexity index is 964. The van der Waals surface area contributed by atoms with Gasteiger partial charge >= 0.3 is 0 Å². The first-order valence-electron chi connectivity index (χ1n) is 9.29. The number of carbonyl (C=O) groups is 1. The molecule has 150 valence electrons. The van der Waals surface area contributed by atoms with E-state index in [1.54, 1.807) is 18.1 Å². The smallest absolute Gasteiger partial charge is 0.243 e. The zero-order valence-electron chi connectivity index (χ0n) is 16.5. The summed E-state index contributed by atoms with van der Waals surface area (Å²) in [4.78, 5) is 14.7. The average molecular weight is 403 g/mol. The van der Waals surface area contributed by atoms with Gasteiger partial charge in [-0.3, -0.25) is 4.79 Å². The fourth-order valence-corrected chi connectivity index (χ4v) is 5.10. The van der Waals surface area contributed by atoms with Crippen molar-refractivity contribution in [3.63, 3.8) is 0 Å². The van der Waals surface area contributed by atoms with Crippen LogP contribution in [0.2, 0.25) is 0 Å². The van der Waals surface area contributed by atoms with E-state index in [4.69, 9.17) is 4.74 Å². The van der Waals surface area contributed by atoms with Gasteiger partial charge in [-0.2, -0.15) is 4.31 Å². The lowest BCUT2D eigenvalue weighted by molar-refractivity contribution is -0.131. The summed E-state index contributed by atoms with van der Waals surface area (Å²) in [6, 6.07) is 12.8. The quantitative estimate of drug-likeness (QED) is 0.770. The maximum atomic E-state index is 13.0. The Balaban J connectivity index is 1.64. The maximum Gasteiger partial charge on any atom is 0.243 e. The molecule has 0 atom stereocenters. The Morgan fingerprint density at radius 2 is 1.75 bits per heavy atom. The van der Waals surface area contributed by atoms with Crippen LogP contribution in [-0.2, 0) is 21.2 Å². The highest BCUT2D eigenvalue weighted by atomic mass is 32.2. The Morgan fingerprint density at radius 1 is 1.04 bits per heavy atom. The zero-order valence-corrected chi connectivity index (χ0v) is 17.3. The number of aryl methyl sites for hydroxylation is 2. The van der Waals surface area contributed by atoms with Gasteiger partial charge in [0.15, 0.2) is 0 Å². The Hall–Kier alpha value is -2.38. The summed E-state index contributed by atoms with van der Waals surface area (Å²) in [5.74, 6) is 0.714. The van der Waals surface area contributed by atoms with E-state index in [-0.39, 0.29) is 12.3 Å². The summed E-state index contributed by atoms with van der Waals surface area (Å²) >= 11 is 0. The number of methoxy groups -OCH3 is 1. The first-order chi connectivity index (χ1) is 13.3. The minimum atomic E-state index is -3.55. The van der Waals surface area contributed by atoms with Crippen molar-refractivity contribution in [2.45, 2.75) is 25.2 Å². The fraction of sp³-hybridized carbons (Fsp3) is 0.381. The molecule has 0 spiro atoms. The van der Waals surface area contributed by atoms with E-state index in [9.17, 15) is 13.2 Å². The van der Waals surface area contributed by atoms with Crippen molar-refractivity contribution in [3.05, 3.63) is 59.2 Å². The summed E-state index contributed by atoms with van der Waals surface area (Å²) < 4.78 is 32.6. The molecular formula is C21H26N2O4S. The van der Waals surface area contributed by atoms with Crippen LogP contribution in [0.3, 0.4) is 0 Å². The monoisotopic (exact) mass is 402 g/mol. The van der Waals surface area contributed by atoms with E-state index in [0.717, 1.165) is 22.4 Å². The number of rotatable bonds is 5. The van der Waals surface area contributed by atoms with Crippen molar-refractivity contribution in [1.82, 2.24) is 9.21 Å². The van der Waals surface area contributed by atoms with Crippen molar-refractivity contribution in [3.8, 4) is 5.75 Å². The molecule has 28 heavy (non-hydrogen) atoms. The molecule has 1 aliphatic heterocycles. The number of piperazine rings is 1. The number of benzene rings is 2. The summed E-state index contributed by atoms with van der Waals surface area (Å²) in [6.07, 6.45) is 0.279. The molecule has 0 radical (unpaired) electrons. The first kappa shape index (κ1) is 20.4. The molecule has 0 aliphatic carbocycles. The van der Waals surface area contributed by atoms with E-state index in [1.807, 2.05) is 50.2 Å². The van der Waals surface area contributed by atoms with Crippen LogP contribution >= 0.6 is 0 Å². The topological polar surface area (TPSA) is 66.9 Å². The molecule has 1 fully saturated rings. The summed E-state index contributed by atoms with van der Waals surface area (Å²) in [5, 5.41) is 0. The second-order valence-corrected chi connectivity index (χ2v) is 8.99. The van der Waals surface area contributed by atoms with E-state index >= 15 is 0 Å². The normalized spacial score (nSPS) is 15.5. The summed E-state index contributed by atoms with van der Waals surface area (Å²) in [5.41, 5.74) is 2.66. The highest BCUT2D eigenvalue weighted by Gasteiger charge is 2.31. The predicted octanol–water partition coefficient (Wildman–Crippen LogP) is 2.39. The number of carbonyl (C=O) groups excluding carboxylic acids is 1. The van der Waals surface area contributed by atoms with Gasteiger partial charge in [0.25, 0.3) is 0 Å². The molecular weight excluding hydrogens is 376 g/mol. The van der Waals surface area contributed by atoms with Crippen molar-refractivity contribution in [1.29, 1.82) is 0 Å². The minimum absolute atomic E-state index is 0.00295. The van der Waals surface area contributed by atoms with Gasteiger partial charge in [-0.05, 0) is 43.2 Å². The molecule has 0 unspecified atom stereocenters. The van der Waals surface area contributed by atoms with Crippen LogP contribution in [0.15, 0.2) is 47.4 Å². The number of hydrogen-bond acceptors (Lipinski definition) is 4. The fourth-order valence-electron chi connectivity index (χ4n) is 3.47. The second kappa shape index (κ2) is 8.32. The molecule has 1 saturated heterocycles. The summed E-state index contributed by atoms with van der Waals surface area (Å²) in [6.45, 7) is 5.16. The van der Waals surface area contributed by atoms with Gasteiger partial charge in [-0.1, -0.05) is 29.8 Å². The number of ether oxygens (including phenoxy) is 1. The van der Waals surface area contributed by atoms with E-state index in [2.05, 4.69) is 0 Å². The van der Waals surface area contributed by atoms with Crippen LogP contribution in [0, 0.1) is 13.8 Å². The SMILES string of the molecule is COc1cccc(CC(=O)N2CCN(S(=O)(=O)c3ccc(C)cc3C)CC2)c1. The molecule has 0 bridgehead atoms. The van der Waals surface area contributed by atoms with E-state index in [1.165, 1.54) is 4.31 Å². The van der Waals surface area contributed by atoms with Gasteiger partial charge in [0, 0.05) is 26.2 Å². The van der Waals surface area contributed by atoms with Crippen molar-refractivity contribution in [2.24, 2.45) is 0 Å². The van der Waals surface area contributed by atoms with Gasteiger partial charge in [0.05, 0.1) is 18.4 Å². The Labute approximate surface area is 166 Å². The molecule has 1 amide bonds. The first-order valence-corrected chi connectivity index (χ1v) is 10.7. The lowest BCUT2D eigenvalue weighted by atomic mass is 10.1. The van der Waals surface area contributed by atoms with Crippen LogP contribution < -0.4 is 4.74 Å². The zero-order chi connectivity index (χ0) is 20.3. The highest BCUT2D eigenvalue weighted by molar-refractivity contribution is 7.89. The number of amides is 1. The molecule has 3 rings (SSSR count). The van der Waals surface area contributed by atoms with Crippen LogP contribution in [0.1, 0.15) is 16.7 Å². The van der Waals surface area contributed by atoms with Gasteiger partial charge < -0.3 is 9.64 Å². The molecule has 1 heterocycles. The third-order valence-corrected chi connectivity index (χ3v) is 7.09. The van der Waals surface area contributed by atoms with Crippen molar-refractivity contribution in [2.75, 3.05) is 33.3 Å². The standard InChI is InChI=1S/C21H26N2O4S/c1-16-7-8-20(17(2)13-16)28(25,26)23-11-9-22(10-12-23)21(24)15-18-5-4-6-19(14-18)27-3/h4-8,13-14H,9-12,15H2,1-3H3. The molecule has 1 aliphatic rings. The minimum Gasteiger partial charge on any atom is -0.497 e. The largest absolute Gasteiger partial charge is 0.497 e. The number of hydrogen-bond donors (Lipinski definition) is 0. The summed E-state index contributed by atoms with van der Waals surface area (Å²) in [7, 11) is -1.95. The number of nitrogens with zero attached hydrogens (tertiary/aromatic N) is 2. The molecule has 6 nitrogen and oxygen atoms in total. The molecule has 0 N–H and O–H groups in total. The van der Waals surface area contributed by atoms with Gasteiger partial charge in [0.1, 0.15) is 5.75 Å². The van der Waals surface area contributed by atoms with Crippen LogP contribution in [0.4, 0.5) is 0 Å².